The van der Waals surface area contributed by atoms with Gasteiger partial charge in [-0.05, 0) is 26.3 Å². The van der Waals surface area contributed by atoms with E-state index in [0.29, 0.717) is 38.9 Å². The van der Waals surface area contributed by atoms with E-state index >= 15 is 0 Å². The van der Waals surface area contributed by atoms with Gasteiger partial charge in [0.15, 0.2) is 0 Å². The number of ether oxygens (including phenoxy) is 1. The van der Waals surface area contributed by atoms with Crippen molar-refractivity contribution in [3.8, 4) is 0 Å². The van der Waals surface area contributed by atoms with Gasteiger partial charge >= 0.3 is 11.9 Å². The van der Waals surface area contributed by atoms with Crippen molar-refractivity contribution in [2.45, 2.75) is 20.8 Å². The Morgan fingerprint density at radius 3 is 2.59 bits per heavy atom. The molecule has 118 valence electrons. The molecule has 0 aliphatic carbocycles. The fraction of sp³-hybridized carbons (Fsp3) is 0.429. The lowest BCUT2D eigenvalue weighted by atomic mass is 10.2. The first-order chi connectivity index (χ1) is 10.3. The van der Waals surface area contributed by atoms with Crippen LogP contribution in [-0.4, -0.2) is 47.2 Å². The molecule has 0 aliphatic heterocycles. The number of thiophene rings is 1. The van der Waals surface area contributed by atoms with Crippen molar-refractivity contribution >= 4 is 39.3 Å². The summed E-state index contributed by atoms with van der Waals surface area (Å²) < 4.78 is 5.05. The van der Waals surface area contributed by atoms with Crippen LogP contribution in [0.2, 0.25) is 0 Å². The summed E-state index contributed by atoms with van der Waals surface area (Å²) in [5.41, 5.74) is 0.714. The van der Waals surface area contributed by atoms with Crippen molar-refractivity contribution in [2.24, 2.45) is 0 Å². The van der Waals surface area contributed by atoms with Crippen LogP contribution in [0, 0.1) is 13.8 Å². The molecule has 0 bridgehead atoms. The highest BCUT2D eigenvalue weighted by molar-refractivity contribution is 7.20. The highest BCUT2D eigenvalue weighted by Crippen LogP contribution is 2.35. The molecule has 0 atom stereocenters. The number of aryl methyl sites for hydroxylation is 2. The van der Waals surface area contributed by atoms with Crippen molar-refractivity contribution in [1.82, 2.24) is 9.97 Å². The first-order valence-corrected chi connectivity index (χ1v) is 7.54. The quantitative estimate of drug-likeness (QED) is 0.841. The van der Waals surface area contributed by atoms with Crippen LogP contribution in [-0.2, 0) is 9.53 Å². The maximum Gasteiger partial charge on any atom is 0.348 e. The van der Waals surface area contributed by atoms with Gasteiger partial charge in [-0.3, -0.25) is 4.79 Å². The molecule has 2 rings (SSSR count). The average Bonchev–Trinajstić information content (AvgIpc) is 2.74. The highest BCUT2D eigenvalue weighted by Gasteiger charge is 2.22. The number of nitrogens with zero attached hydrogens (tertiary/aromatic N) is 3. The molecule has 2 aromatic rings. The van der Waals surface area contributed by atoms with Gasteiger partial charge < -0.3 is 14.7 Å². The summed E-state index contributed by atoms with van der Waals surface area (Å²) in [4.78, 5) is 34.3. The summed E-state index contributed by atoms with van der Waals surface area (Å²) in [5.74, 6) is -0.316. The monoisotopic (exact) mass is 323 g/mol. The van der Waals surface area contributed by atoms with E-state index in [1.807, 2.05) is 0 Å². The molecule has 0 spiro atoms. The fourth-order valence-electron chi connectivity index (χ4n) is 2.17. The second-order valence-electron chi connectivity index (χ2n) is 4.80. The molecule has 0 aliphatic rings. The van der Waals surface area contributed by atoms with E-state index in [4.69, 9.17) is 9.84 Å². The summed E-state index contributed by atoms with van der Waals surface area (Å²) in [7, 11) is 1.65. The van der Waals surface area contributed by atoms with E-state index < -0.39 is 11.9 Å². The van der Waals surface area contributed by atoms with E-state index in [2.05, 4.69) is 9.97 Å². The third kappa shape index (κ3) is 3.01. The van der Waals surface area contributed by atoms with Gasteiger partial charge in [0, 0.05) is 7.05 Å². The lowest BCUT2D eigenvalue weighted by molar-refractivity contribution is -0.135. The van der Waals surface area contributed by atoms with Gasteiger partial charge in [0.2, 0.25) is 0 Å². The number of esters is 1. The highest BCUT2D eigenvalue weighted by atomic mass is 32.1. The Balaban J connectivity index is 2.62. The lowest BCUT2D eigenvalue weighted by Gasteiger charge is -2.17. The fourth-order valence-corrected chi connectivity index (χ4v) is 3.28. The molecule has 0 saturated carbocycles. The second kappa shape index (κ2) is 6.27. The summed E-state index contributed by atoms with van der Waals surface area (Å²) in [6, 6.07) is 0. The molecule has 0 fully saturated rings. The molecule has 7 nitrogen and oxygen atoms in total. The molecular formula is C14H17N3O4S. The van der Waals surface area contributed by atoms with E-state index in [1.54, 1.807) is 27.8 Å². The summed E-state index contributed by atoms with van der Waals surface area (Å²) >= 11 is 1.24. The number of hydrogen-bond acceptors (Lipinski definition) is 7. The van der Waals surface area contributed by atoms with Crippen LogP contribution in [0.1, 0.15) is 28.0 Å². The van der Waals surface area contributed by atoms with Crippen LogP contribution in [0.5, 0.6) is 0 Å². The Bertz CT molecular complexity index is 741. The zero-order valence-corrected chi connectivity index (χ0v) is 13.7. The third-order valence-corrected chi connectivity index (χ3v) is 4.24. The number of fused-ring (bicyclic) bond motifs is 1. The number of rotatable bonds is 5. The number of carbonyl (C=O) groups excluding carboxylic acids is 1. The first-order valence-electron chi connectivity index (χ1n) is 6.73. The van der Waals surface area contributed by atoms with Gasteiger partial charge in [0.05, 0.1) is 12.0 Å². The van der Waals surface area contributed by atoms with Crippen molar-refractivity contribution in [3.05, 3.63) is 16.3 Å². The molecule has 0 unspecified atom stereocenters. The van der Waals surface area contributed by atoms with Crippen molar-refractivity contribution in [3.63, 3.8) is 0 Å². The first kappa shape index (κ1) is 16.2. The predicted molar refractivity (Wildman–Crippen MR) is 83.8 cm³/mol. The standard InChI is InChI=1S/C14H17N3O4S/c1-5-21-14(20)11-7(2)10-12(17(4)6-9(18)19)15-8(3)16-13(10)22-11/h5-6H2,1-4H3,(H,18,19). The maximum absolute atomic E-state index is 12.0. The molecule has 0 aromatic carbocycles. The topological polar surface area (TPSA) is 92.6 Å². The molecule has 22 heavy (non-hydrogen) atoms. The van der Waals surface area contributed by atoms with Crippen LogP contribution in [0.15, 0.2) is 0 Å². The normalized spacial score (nSPS) is 10.7. The van der Waals surface area contributed by atoms with Gasteiger partial charge in [0.1, 0.15) is 27.9 Å². The van der Waals surface area contributed by atoms with E-state index in [-0.39, 0.29) is 6.54 Å². The van der Waals surface area contributed by atoms with Gasteiger partial charge in [-0.25, -0.2) is 14.8 Å². The Morgan fingerprint density at radius 1 is 1.32 bits per heavy atom. The average molecular weight is 323 g/mol. The second-order valence-corrected chi connectivity index (χ2v) is 5.80. The van der Waals surface area contributed by atoms with Crippen LogP contribution in [0.25, 0.3) is 10.2 Å². The lowest BCUT2D eigenvalue weighted by Crippen LogP contribution is -2.26. The smallest absolute Gasteiger partial charge is 0.348 e. The van der Waals surface area contributed by atoms with E-state index in [1.165, 1.54) is 16.2 Å². The number of carbonyl (C=O) groups is 2. The SMILES string of the molecule is CCOC(=O)c1sc2nc(C)nc(N(C)CC(=O)O)c2c1C. The van der Waals surface area contributed by atoms with Gasteiger partial charge in [-0.1, -0.05) is 0 Å². The summed E-state index contributed by atoms with van der Waals surface area (Å²) in [6.45, 7) is 5.38. The van der Waals surface area contributed by atoms with E-state index in [9.17, 15) is 9.59 Å². The number of hydrogen-bond donors (Lipinski definition) is 1. The zero-order valence-electron chi connectivity index (χ0n) is 12.8. The Morgan fingerprint density at radius 2 is 2.00 bits per heavy atom. The van der Waals surface area contributed by atoms with E-state index in [0.717, 1.165) is 0 Å². The Kier molecular flexibility index (Phi) is 4.60. The molecule has 0 amide bonds. The van der Waals surface area contributed by atoms with Crippen LogP contribution >= 0.6 is 11.3 Å². The van der Waals surface area contributed by atoms with Crippen LogP contribution < -0.4 is 4.90 Å². The van der Waals surface area contributed by atoms with Crippen molar-refractivity contribution in [1.29, 1.82) is 0 Å². The predicted octanol–water partition coefficient (Wildman–Crippen LogP) is 2.01. The van der Waals surface area contributed by atoms with Crippen LogP contribution in [0.4, 0.5) is 5.82 Å². The van der Waals surface area contributed by atoms with Crippen molar-refractivity contribution < 1.29 is 19.4 Å². The van der Waals surface area contributed by atoms with Crippen molar-refractivity contribution in [2.75, 3.05) is 25.1 Å². The molecule has 0 radical (unpaired) electrons. The zero-order chi connectivity index (χ0) is 16.4. The summed E-state index contributed by atoms with van der Waals surface area (Å²) in [5, 5.41) is 9.66. The number of likely N-dealkylation sites (N-methyl/N-ethyl adjacent to an activating group) is 1. The molecule has 0 saturated heterocycles. The van der Waals surface area contributed by atoms with Crippen LogP contribution in [0.3, 0.4) is 0 Å². The summed E-state index contributed by atoms with van der Waals surface area (Å²) in [6.07, 6.45) is 0. The molecule has 2 aromatic heterocycles. The van der Waals surface area contributed by atoms with Gasteiger partial charge in [0.25, 0.3) is 0 Å². The maximum atomic E-state index is 12.0. The van der Waals surface area contributed by atoms with Gasteiger partial charge in [-0.2, -0.15) is 0 Å². The third-order valence-electron chi connectivity index (χ3n) is 3.08. The minimum atomic E-state index is -0.953. The Hall–Kier alpha value is -2.22. The molecule has 1 N–H and O–H groups in total. The molecular weight excluding hydrogens is 306 g/mol. The molecule has 2 heterocycles. The minimum Gasteiger partial charge on any atom is -0.480 e. The minimum absolute atomic E-state index is 0.185. The number of anilines is 1. The number of aromatic nitrogens is 2. The number of carboxylic acid groups (broad SMARTS) is 1. The number of carboxylic acids is 1. The number of aliphatic carboxylic acids is 1. The Labute approximate surface area is 131 Å². The largest absolute Gasteiger partial charge is 0.480 e. The van der Waals surface area contributed by atoms with Gasteiger partial charge in [-0.15, -0.1) is 11.3 Å². The molecule has 8 heteroatoms.